The van der Waals surface area contributed by atoms with Crippen molar-refractivity contribution < 1.29 is 9.53 Å². The van der Waals surface area contributed by atoms with E-state index in [4.69, 9.17) is 10.5 Å². The number of nitrogen functional groups attached to an aromatic ring is 1. The fraction of sp³-hybridized carbons (Fsp3) is 0.273. The zero-order valence-corrected chi connectivity index (χ0v) is 9.18. The van der Waals surface area contributed by atoms with Gasteiger partial charge < -0.3 is 10.5 Å². The summed E-state index contributed by atoms with van der Waals surface area (Å²) in [7, 11) is 0. The minimum atomic E-state index is -0.822. The molecule has 5 heteroatoms. The number of carbonyl (C=O) groups is 1. The third kappa shape index (κ3) is 1.50. The summed E-state index contributed by atoms with van der Waals surface area (Å²) < 4.78 is 6.63. The van der Waals surface area contributed by atoms with E-state index < -0.39 is 5.72 Å². The first-order valence-electron chi connectivity index (χ1n) is 4.90. The predicted octanol–water partition coefficient (Wildman–Crippen LogP) is 1.48. The van der Waals surface area contributed by atoms with E-state index in [-0.39, 0.29) is 0 Å². The van der Waals surface area contributed by atoms with E-state index in [2.05, 4.69) is 5.10 Å². The normalized spacial score (nSPS) is 11.6. The molecule has 0 bridgehead atoms. The summed E-state index contributed by atoms with van der Waals surface area (Å²) >= 11 is 0. The Balaban J connectivity index is 2.62. The van der Waals surface area contributed by atoms with Crippen molar-refractivity contribution in [3.63, 3.8) is 0 Å². The smallest absolute Gasteiger partial charge is 0.295 e. The van der Waals surface area contributed by atoms with Crippen molar-refractivity contribution in [2.24, 2.45) is 0 Å². The molecule has 0 aliphatic heterocycles. The highest BCUT2D eigenvalue weighted by atomic mass is 16.6. The standard InChI is InChI=1S/C11H13N3O2/c1-11(2,16-7-15)14-10-5-3-4-9(12)8(10)6-13-14/h3-7H,12H2,1-2H3. The zero-order chi connectivity index (χ0) is 11.8. The van der Waals surface area contributed by atoms with Crippen LogP contribution in [-0.4, -0.2) is 16.3 Å². The van der Waals surface area contributed by atoms with Gasteiger partial charge in [0.15, 0.2) is 5.72 Å². The number of rotatable bonds is 3. The van der Waals surface area contributed by atoms with Crippen LogP contribution >= 0.6 is 0 Å². The van der Waals surface area contributed by atoms with Crippen LogP contribution in [0.3, 0.4) is 0 Å². The van der Waals surface area contributed by atoms with E-state index in [1.54, 1.807) is 24.7 Å². The molecule has 2 aromatic rings. The molecule has 0 saturated carbocycles. The van der Waals surface area contributed by atoms with E-state index in [9.17, 15) is 4.79 Å². The highest BCUT2D eigenvalue weighted by molar-refractivity contribution is 5.90. The van der Waals surface area contributed by atoms with Crippen LogP contribution in [0.15, 0.2) is 24.4 Å². The predicted molar refractivity (Wildman–Crippen MR) is 60.6 cm³/mol. The van der Waals surface area contributed by atoms with Gasteiger partial charge in [-0.3, -0.25) is 4.79 Å². The Hall–Kier alpha value is -2.04. The monoisotopic (exact) mass is 219 g/mol. The number of hydrogen-bond acceptors (Lipinski definition) is 4. The number of anilines is 1. The lowest BCUT2D eigenvalue weighted by atomic mass is 10.2. The van der Waals surface area contributed by atoms with Crippen LogP contribution in [0.1, 0.15) is 13.8 Å². The van der Waals surface area contributed by atoms with Crippen LogP contribution in [0, 0.1) is 0 Å². The molecule has 16 heavy (non-hydrogen) atoms. The van der Waals surface area contributed by atoms with Crippen LogP contribution in [0.2, 0.25) is 0 Å². The fourth-order valence-corrected chi connectivity index (χ4v) is 1.67. The Labute approximate surface area is 92.8 Å². The van der Waals surface area contributed by atoms with E-state index >= 15 is 0 Å². The Bertz CT molecular complexity index is 531. The number of fused-ring (bicyclic) bond motifs is 1. The molecule has 0 saturated heterocycles. The molecule has 0 aliphatic carbocycles. The number of hydrogen-bond donors (Lipinski definition) is 1. The third-order valence-electron chi connectivity index (χ3n) is 2.49. The van der Waals surface area contributed by atoms with E-state index in [1.165, 1.54) is 0 Å². The van der Waals surface area contributed by atoms with Crippen molar-refractivity contribution in [1.29, 1.82) is 0 Å². The van der Waals surface area contributed by atoms with Crippen molar-refractivity contribution in [2.45, 2.75) is 19.6 Å². The largest absolute Gasteiger partial charge is 0.440 e. The SMILES string of the molecule is CC(C)(OC=O)n1ncc2c(N)cccc21. The number of benzene rings is 1. The van der Waals surface area contributed by atoms with Crippen molar-refractivity contribution in [2.75, 3.05) is 5.73 Å². The third-order valence-corrected chi connectivity index (χ3v) is 2.49. The second-order valence-electron chi connectivity index (χ2n) is 4.00. The summed E-state index contributed by atoms with van der Waals surface area (Å²) in [5.74, 6) is 0. The maximum absolute atomic E-state index is 10.4. The average Bonchev–Trinajstić information content (AvgIpc) is 2.63. The van der Waals surface area contributed by atoms with Crippen LogP contribution in [-0.2, 0) is 15.3 Å². The Morgan fingerprint density at radius 1 is 1.50 bits per heavy atom. The molecule has 0 fully saturated rings. The van der Waals surface area contributed by atoms with E-state index in [0.717, 1.165) is 10.9 Å². The molecule has 1 aromatic heterocycles. The van der Waals surface area contributed by atoms with Gasteiger partial charge in [-0.2, -0.15) is 5.10 Å². The second kappa shape index (κ2) is 3.52. The number of carbonyl (C=O) groups excluding carboxylic acids is 1. The molecule has 5 nitrogen and oxygen atoms in total. The molecular formula is C11H13N3O2. The van der Waals surface area contributed by atoms with E-state index in [1.807, 2.05) is 18.2 Å². The van der Waals surface area contributed by atoms with Crippen LogP contribution in [0.4, 0.5) is 5.69 Å². The van der Waals surface area contributed by atoms with Gasteiger partial charge in [0.1, 0.15) is 0 Å². The van der Waals surface area contributed by atoms with E-state index in [0.29, 0.717) is 12.2 Å². The number of nitrogens with zero attached hydrogens (tertiary/aromatic N) is 2. The number of ether oxygens (including phenoxy) is 1. The summed E-state index contributed by atoms with van der Waals surface area (Å²) in [6, 6.07) is 5.53. The summed E-state index contributed by atoms with van der Waals surface area (Å²) in [6.45, 7) is 3.94. The minimum Gasteiger partial charge on any atom is -0.440 e. The van der Waals surface area contributed by atoms with Gasteiger partial charge in [-0.15, -0.1) is 0 Å². The van der Waals surface area contributed by atoms with Crippen LogP contribution < -0.4 is 5.73 Å². The molecular weight excluding hydrogens is 206 g/mol. The van der Waals surface area contributed by atoms with Gasteiger partial charge in [-0.1, -0.05) is 6.07 Å². The molecule has 0 amide bonds. The van der Waals surface area contributed by atoms with Crippen LogP contribution in [0.25, 0.3) is 10.9 Å². The molecule has 0 atom stereocenters. The lowest BCUT2D eigenvalue weighted by molar-refractivity contribution is -0.150. The molecule has 0 spiro atoms. The molecule has 2 rings (SSSR count). The maximum atomic E-state index is 10.4. The Kier molecular flexibility index (Phi) is 2.30. The zero-order valence-electron chi connectivity index (χ0n) is 9.18. The van der Waals surface area contributed by atoms with Crippen molar-refractivity contribution >= 4 is 23.1 Å². The van der Waals surface area contributed by atoms with Crippen LogP contribution in [0.5, 0.6) is 0 Å². The number of nitrogens with two attached hydrogens (primary N) is 1. The number of aromatic nitrogens is 2. The molecule has 0 aliphatic rings. The Morgan fingerprint density at radius 3 is 2.94 bits per heavy atom. The molecule has 0 unspecified atom stereocenters. The lowest BCUT2D eigenvalue weighted by Gasteiger charge is -2.23. The first kappa shape index (κ1) is 10.5. The summed E-state index contributed by atoms with van der Waals surface area (Å²) in [5, 5.41) is 5.05. The molecule has 0 radical (unpaired) electrons. The Morgan fingerprint density at radius 2 is 2.25 bits per heavy atom. The van der Waals surface area contributed by atoms with Gasteiger partial charge in [-0.05, 0) is 26.0 Å². The topological polar surface area (TPSA) is 70.1 Å². The summed E-state index contributed by atoms with van der Waals surface area (Å²) in [4.78, 5) is 10.4. The fourth-order valence-electron chi connectivity index (χ4n) is 1.67. The summed E-state index contributed by atoms with van der Waals surface area (Å²) in [6.07, 6.45) is 1.67. The highest BCUT2D eigenvalue weighted by Gasteiger charge is 2.24. The van der Waals surface area contributed by atoms with Gasteiger partial charge >= 0.3 is 0 Å². The van der Waals surface area contributed by atoms with Gasteiger partial charge in [-0.25, -0.2) is 4.68 Å². The van der Waals surface area contributed by atoms with Gasteiger partial charge in [0.25, 0.3) is 6.47 Å². The minimum absolute atomic E-state index is 0.416. The van der Waals surface area contributed by atoms with Crippen molar-refractivity contribution in [3.05, 3.63) is 24.4 Å². The molecule has 84 valence electrons. The molecule has 1 heterocycles. The molecule has 2 N–H and O–H groups in total. The second-order valence-corrected chi connectivity index (χ2v) is 4.00. The van der Waals surface area contributed by atoms with Gasteiger partial charge in [0.2, 0.25) is 0 Å². The first-order chi connectivity index (χ1) is 7.56. The highest BCUT2D eigenvalue weighted by Crippen LogP contribution is 2.25. The van der Waals surface area contributed by atoms with Crippen molar-refractivity contribution in [1.82, 2.24) is 9.78 Å². The quantitative estimate of drug-likeness (QED) is 0.627. The molecule has 1 aromatic carbocycles. The van der Waals surface area contributed by atoms with Gasteiger partial charge in [0.05, 0.1) is 11.7 Å². The first-order valence-corrected chi connectivity index (χ1v) is 4.90. The summed E-state index contributed by atoms with van der Waals surface area (Å²) in [5.41, 5.74) is 6.50. The van der Waals surface area contributed by atoms with Gasteiger partial charge in [0, 0.05) is 11.1 Å². The van der Waals surface area contributed by atoms with Crippen molar-refractivity contribution in [3.8, 4) is 0 Å². The lowest BCUT2D eigenvalue weighted by Crippen LogP contribution is -2.30. The average molecular weight is 219 g/mol. The maximum Gasteiger partial charge on any atom is 0.295 e.